The molecular weight excluding hydrogens is 470 g/mol. The highest BCUT2D eigenvalue weighted by atomic mass is 16.5. The van der Waals surface area contributed by atoms with Crippen LogP contribution in [0.5, 0.6) is 5.88 Å². The molecule has 5 N–H and O–H groups in total. The van der Waals surface area contributed by atoms with Crippen molar-refractivity contribution in [3.63, 3.8) is 0 Å². The van der Waals surface area contributed by atoms with E-state index in [1.165, 1.54) is 16.7 Å². The minimum atomic E-state index is -0.927. The Hall–Kier alpha value is -3.87. The molecule has 4 amide bonds. The Labute approximate surface area is 206 Å². The van der Waals surface area contributed by atoms with Gasteiger partial charge in [0.25, 0.3) is 11.5 Å². The number of aromatic nitrogens is 3. The minimum absolute atomic E-state index is 0.0440. The number of rotatable bonds is 6. The Kier molecular flexibility index (Phi) is 6.76. The fourth-order valence-corrected chi connectivity index (χ4v) is 3.97. The second kappa shape index (κ2) is 9.64. The van der Waals surface area contributed by atoms with Crippen molar-refractivity contribution < 1.29 is 24.2 Å². The fraction of sp³-hybridized carbons (Fsp3) is 0.522. The van der Waals surface area contributed by atoms with Gasteiger partial charge in [0.05, 0.1) is 18.8 Å². The van der Waals surface area contributed by atoms with Crippen LogP contribution in [0.3, 0.4) is 0 Å². The van der Waals surface area contributed by atoms with Crippen LogP contribution in [0.25, 0.3) is 11.7 Å². The maximum Gasteiger partial charge on any atom is 0.317 e. The van der Waals surface area contributed by atoms with E-state index in [0.29, 0.717) is 26.3 Å². The molecule has 1 saturated carbocycles. The van der Waals surface area contributed by atoms with Crippen LogP contribution >= 0.6 is 0 Å². The van der Waals surface area contributed by atoms with E-state index in [9.17, 15) is 24.3 Å². The number of fused-ring (bicyclic) bond motifs is 1. The van der Waals surface area contributed by atoms with Crippen LogP contribution in [0, 0.1) is 5.41 Å². The Morgan fingerprint density at radius 2 is 1.89 bits per heavy atom. The number of amides is 4. The van der Waals surface area contributed by atoms with Crippen LogP contribution < -0.4 is 21.9 Å². The smallest absolute Gasteiger partial charge is 0.317 e. The lowest BCUT2D eigenvalue weighted by Crippen LogP contribution is -2.39. The van der Waals surface area contributed by atoms with Gasteiger partial charge in [-0.25, -0.2) is 4.79 Å². The van der Waals surface area contributed by atoms with Crippen molar-refractivity contribution in [1.29, 1.82) is 0 Å². The number of hydrogen-bond acceptors (Lipinski definition) is 7. The van der Waals surface area contributed by atoms with Gasteiger partial charge >= 0.3 is 6.03 Å². The summed E-state index contributed by atoms with van der Waals surface area (Å²) in [4.78, 5) is 52.5. The van der Waals surface area contributed by atoms with E-state index in [2.05, 4.69) is 15.7 Å². The molecule has 13 nitrogen and oxygen atoms in total. The standard InChI is InChI=1S/C23H31N7O6/c1-23(2,3)12-29-19-14(6-7-15(31)28-8-10-36-11-9-28)17(26-22(24)35)27-30(19)21(34)16(20(29)33)18(32)25-13-4-5-13/h6-7,13,34H,4-5,8-12H2,1-3H3,(H,25,32)(H3,24,26,27,35)/b7-6+. The SMILES string of the molecule is CC(C)(C)Cn1c(=O)c(C(=O)NC2CC2)c(O)n2nc(NC(N)=O)c(/C=C/C(=O)N3CCOCC3)c12. The first kappa shape index (κ1) is 25.2. The largest absolute Gasteiger partial charge is 0.492 e. The molecule has 0 radical (unpaired) electrons. The zero-order valence-corrected chi connectivity index (χ0v) is 20.5. The summed E-state index contributed by atoms with van der Waals surface area (Å²) in [7, 11) is 0. The van der Waals surface area contributed by atoms with Crippen molar-refractivity contribution in [2.24, 2.45) is 11.1 Å². The maximum atomic E-state index is 13.6. The van der Waals surface area contributed by atoms with Crippen LogP contribution in [0.15, 0.2) is 10.9 Å². The molecular formula is C23H31N7O6. The van der Waals surface area contributed by atoms with E-state index in [0.717, 1.165) is 17.4 Å². The molecule has 1 saturated heterocycles. The summed E-state index contributed by atoms with van der Waals surface area (Å²) >= 11 is 0. The minimum Gasteiger partial charge on any atom is -0.492 e. The van der Waals surface area contributed by atoms with Gasteiger partial charge in [0.2, 0.25) is 11.8 Å². The predicted octanol–water partition coefficient (Wildman–Crippen LogP) is 0.503. The molecule has 1 aliphatic heterocycles. The molecule has 0 atom stereocenters. The summed E-state index contributed by atoms with van der Waals surface area (Å²) in [5.41, 5.74) is 4.03. The summed E-state index contributed by atoms with van der Waals surface area (Å²) in [5.74, 6) is -1.75. The van der Waals surface area contributed by atoms with Crippen LogP contribution in [0.1, 0.15) is 49.5 Å². The number of carbonyl (C=O) groups is 3. The number of urea groups is 1. The monoisotopic (exact) mass is 501 g/mol. The highest BCUT2D eigenvalue weighted by molar-refractivity contribution is 5.99. The molecule has 36 heavy (non-hydrogen) atoms. The Morgan fingerprint density at radius 1 is 1.22 bits per heavy atom. The lowest BCUT2D eigenvalue weighted by Gasteiger charge is -2.25. The number of ether oxygens (including phenoxy) is 1. The third kappa shape index (κ3) is 5.35. The van der Waals surface area contributed by atoms with Gasteiger partial charge in [-0.1, -0.05) is 20.8 Å². The molecule has 1 aliphatic carbocycles. The molecule has 3 heterocycles. The van der Waals surface area contributed by atoms with Gasteiger partial charge in [0.1, 0.15) is 0 Å². The Morgan fingerprint density at radius 3 is 2.47 bits per heavy atom. The van der Waals surface area contributed by atoms with E-state index in [-0.39, 0.29) is 35.5 Å². The summed E-state index contributed by atoms with van der Waals surface area (Å²) in [5, 5.41) is 20.3. The number of morpholine rings is 1. The van der Waals surface area contributed by atoms with Gasteiger partial charge in [-0.3, -0.25) is 24.3 Å². The number of primary amides is 1. The van der Waals surface area contributed by atoms with Crippen molar-refractivity contribution in [3.05, 3.63) is 27.6 Å². The fourth-order valence-electron chi connectivity index (χ4n) is 3.97. The lowest BCUT2D eigenvalue weighted by atomic mass is 9.96. The maximum absolute atomic E-state index is 13.6. The van der Waals surface area contributed by atoms with E-state index in [4.69, 9.17) is 10.5 Å². The van der Waals surface area contributed by atoms with E-state index in [1.807, 2.05) is 20.8 Å². The highest BCUT2D eigenvalue weighted by Gasteiger charge is 2.31. The lowest BCUT2D eigenvalue weighted by molar-refractivity contribution is -0.129. The van der Waals surface area contributed by atoms with Crippen LogP contribution in [0.2, 0.25) is 0 Å². The van der Waals surface area contributed by atoms with Crippen molar-refractivity contribution in [2.75, 3.05) is 31.6 Å². The van der Waals surface area contributed by atoms with Gasteiger partial charge in [-0.2, -0.15) is 4.52 Å². The number of carbonyl (C=O) groups excluding carboxylic acids is 3. The third-order valence-electron chi connectivity index (χ3n) is 5.76. The first-order valence-corrected chi connectivity index (χ1v) is 11.8. The Bertz CT molecular complexity index is 1290. The van der Waals surface area contributed by atoms with E-state index < -0.39 is 34.4 Å². The van der Waals surface area contributed by atoms with Crippen molar-refractivity contribution in [1.82, 2.24) is 24.4 Å². The molecule has 2 fully saturated rings. The van der Waals surface area contributed by atoms with E-state index in [1.54, 1.807) is 4.90 Å². The summed E-state index contributed by atoms with van der Waals surface area (Å²) in [6.07, 6.45) is 4.30. The zero-order valence-electron chi connectivity index (χ0n) is 20.5. The quantitative estimate of drug-likeness (QED) is 0.417. The van der Waals surface area contributed by atoms with Crippen LogP contribution in [-0.4, -0.2) is 74.4 Å². The second-order valence-corrected chi connectivity index (χ2v) is 10.2. The van der Waals surface area contributed by atoms with Crippen LogP contribution in [-0.2, 0) is 16.1 Å². The number of nitrogens with zero attached hydrogens (tertiary/aromatic N) is 4. The second-order valence-electron chi connectivity index (χ2n) is 10.2. The van der Waals surface area contributed by atoms with Crippen LogP contribution in [0.4, 0.5) is 10.6 Å². The average molecular weight is 502 g/mol. The van der Waals surface area contributed by atoms with Crippen molar-refractivity contribution in [3.8, 4) is 5.88 Å². The molecule has 0 unspecified atom stereocenters. The topological polar surface area (TPSA) is 173 Å². The molecule has 0 aromatic carbocycles. The summed E-state index contributed by atoms with van der Waals surface area (Å²) in [6, 6.07) is -0.971. The summed E-state index contributed by atoms with van der Waals surface area (Å²) in [6.45, 7) is 7.58. The molecule has 0 spiro atoms. The average Bonchev–Trinajstić information content (AvgIpc) is 3.54. The number of nitrogens with two attached hydrogens (primary N) is 1. The molecule has 2 aromatic rings. The van der Waals surface area contributed by atoms with E-state index >= 15 is 0 Å². The Balaban J connectivity index is 1.91. The zero-order chi connectivity index (χ0) is 26.2. The molecule has 4 rings (SSSR count). The van der Waals surface area contributed by atoms with Gasteiger partial charge in [0.15, 0.2) is 17.0 Å². The highest BCUT2D eigenvalue weighted by Crippen LogP contribution is 2.29. The van der Waals surface area contributed by atoms with Gasteiger partial charge < -0.3 is 25.8 Å². The van der Waals surface area contributed by atoms with Crippen molar-refractivity contribution in [2.45, 2.75) is 46.2 Å². The molecule has 0 bridgehead atoms. The van der Waals surface area contributed by atoms with Gasteiger partial charge in [-0.15, -0.1) is 5.10 Å². The molecule has 194 valence electrons. The first-order valence-electron chi connectivity index (χ1n) is 11.8. The number of hydrogen-bond donors (Lipinski definition) is 4. The molecule has 13 heteroatoms. The number of anilines is 1. The van der Waals surface area contributed by atoms with Gasteiger partial charge in [-0.05, 0) is 24.3 Å². The van der Waals surface area contributed by atoms with Gasteiger partial charge in [0, 0.05) is 31.8 Å². The predicted molar refractivity (Wildman–Crippen MR) is 131 cm³/mol. The van der Waals surface area contributed by atoms with Crippen molar-refractivity contribution >= 4 is 35.4 Å². The number of nitrogens with one attached hydrogen (secondary N) is 2. The first-order chi connectivity index (χ1) is 17.0. The molecule has 2 aliphatic rings. The molecule has 2 aromatic heterocycles. The summed E-state index contributed by atoms with van der Waals surface area (Å²) < 4.78 is 7.61. The third-order valence-corrected chi connectivity index (χ3v) is 5.76. The normalized spacial score (nSPS) is 16.5. The number of aromatic hydroxyl groups is 1.